The van der Waals surface area contributed by atoms with Crippen LogP contribution in [0.2, 0.25) is 5.02 Å². The van der Waals surface area contributed by atoms with E-state index in [1.807, 2.05) is 25.1 Å². The Balaban J connectivity index is 2.13. The second-order valence-corrected chi connectivity index (χ2v) is 3.83. The van der Waals surface area contributed by atoms with Gasteiger partial charge in [-0.15, -0.1) is 0 Å². The van der Waals surface area contributed by atoms with Crippen LogP contribution < -0.4 is 15.4 Å². The van der Waals surface area contributed by atoms with E-state index in [4.69, 9.17) is 16.3 Å². The van der Waals surface area contributed by atoms with E-state index in [9.17, 15) is 4.79 Å². The Labute approximate surface area is 106 Å². The fourth-order valence-corrected chi connectivity index (χ4v) is 1.43. The molecule has 0 aliphatic rings. The average molecular weight is 257 g/mol. The summed E-state index contributed by atoms with van der Waals surface area (Å²) in [7, 11) is 0. The summed E-state index contributed by atoms with van der Waals surface area (Å²) in [6.45, 7) is 3.61. The highest BCUT2D eigenvalue weighted by Crippen LogP contribution is 2.22. The van der Waals surface area contributed by atoms with Crippen LogP contribution in [-0.4, -0.2) is 25.7 Å². The number of nitrogens with one attached hydrogen (secondary N) is 2. The number of hydrogen-bond donors (Lipinski definition) is 2. The third-order valence-electron chi connectivity index (χ3n) is 2.04. The summed E-state index contributed by atoms with van der Waals surface area (Å²) >= 11 is 5.92. The van der Waals surface area contributed by atoms with Crippen molar-refractivity contribution in [3.8, 4) is 5.75 Å². The van der Waals surface area contributed by atoms with Crippen molar-refractivity contribution in [2.24, 2.45) is 0 Å². The Morgan fingerprint density at radius 1 is 1.35 bits per heavy atom. The second-order valence-electron chi connectivity index (χ2n) is 3.42. The van der Waals surface area contributed by atoms with Gasteiger partial charge in [0.05, 0.1) is 11.6 Å². The van der Waals surface area contributed by atoms with Crippen LogP contribution in [0.5, 0.6) is 5.75 Å². The maximum absolute atomic E-state index is 11.0. The molecule has 0 aliphatic heterocycles. The lowest BCUT2D eigenvalue weighted by Crippen LogP contribution is -2.36. The Hall–Kier alpha value is -1.42. The standard InChI is InChI=1S/C12H17ClN2O2/c1-2-14-12(16)15-8-5-9-17-11-7-4-3-6-10(11)13/h3-4,6-7H,2,5,8-9H2,1H3,(H2,14,15,16). The van der Waals surface area contributed by atoms with Crippen molar-refractivity contribution in [3.63, 3.8) is 0 Å². The molecular formula is C12H17ClN2O2. The second kappa shape index (κ2) is 7.79. The van der Waals surface area contributed by atoms with Crippen LogP contribution in [0, 0.1) is 0 Å². The van der Waals surface area contributed by atoms with Gasteiger partial charge in [0.2, 0.25) is 0 Å². The summed E-state index contributed by atoms with van der Waals surface area (Å²) in [6, 6.07) is 7.17. The molecule has 0 saturated heterocycles. The van der Waals surface area contributed by atoms with Crippen LogP contribution in [-0.2, 0) is 0 Å². The van der Waals surface area contributed by atoms with Crippen LogP contribution in [0.4, 0.5) is 4.79 Å². The zero-order chi connectivity index (χ0) is 12.5. The summed E-state index contributed by atoms with van der Waals surface area (Å²) in [5.41, 5.74) is 0. The molecule has 1 rings (SSSR count). The van der Waals surface area contributed by atoms with Crippen LogP contribution in [0.25, 0.3) is 0 Å². The van der Waals surface area contributed by atoms with Gasteiger partial charge >= 0.3 is 6.03 Å². The molecule has 0 unspecified atom stereocenters. The third kappa shape index (κ3) is 5.45. The number of carbonyl (C=O) groups excluding carboxylic acids is 1. The number of rotatable bonds is 6. The van der Waals surface area contributed by atoms with Gasteiger partial charge in [0.25, 0.3) is 0 Å². The molecule has 0 spiro atoms. The van der Waals surface area contributed by atoms with Crippen molar-refractivity contribution in [3.05, 3.63) is 29.3 Å². The topological polar surface area (TPSA) is 50.4 Å². The molecule has 4 nitrogen and oxygen atoms in total. The number of urea groups is 1. The first kappa shape index (κ1) is 13.6. The largest absolute Gasteiger partial charge is 0.492 e. The monoisotopic (exact) mass is 256 g/mol. The molecule has 0 bridgehead atoms. The highest BCUT2D eigenvalue weighted by molar-refractivity contribution is 6.32. The molecule has 0 saturated carbocycles. The molecule has 1 aromatic carbocycles. The number of ether oxygens (including phenoxy) is 1. The minimum absolute atomic E-state index is 0.148. The third-order valence-corrected chi connectivity index (χ3v) is 2.35. The van der Waals surface area contributed by atoms with Gasteiger partial charge in [-0.2, -0.15) is 0 Å². The van der Waals surface area contributed by atoms with E-state index in [2.05, 4.69) is 10.6 Å². The number of para-hydroxylation sites is 1. The van der Waals surface area contributed by atoms with Crippen LogP contribution >= 0.6 is 11.6 Å². The summed E-state index contributed by atoms with van der Waals surface area (Å²) in [5.74, 6) is 0.673. The van der Waals surface area contributed by atoms with Gasteiger partial charge in [-0.3, -0.25) is 0 Å². The van der Waals surface area contributed by atoms with E-state index in [0.29, 0.717) is 30.5 Å². The Morgan fingerprint density at radius 2 is 2.12 bits per heavy atom. The van der Waals surface area contributed by atoms with Gasteiger partial charge in [0.1, 0.15) is 5.75 Å². The van der Waals surface area contributed by atoms with E-state index in [0.717, 1.165) is 6.42 Å². The highest BCUT2D eigenvalue weighted by Gasteiger charge is 2.00. The number of hydrogen-bond acceptors (Lipinski definition) is 2. The highest BCUT2D eigenvalue weighted by atomic mass is 35.5. The number of carbonyl (C=O) groups is 1. The Morgan fingerprint density at radius 3 is 2.82 bits per heavy atom. The quantitative estimate of drug-likeness (QED) is 0.768. The predicted molar refractivity (Wildman–Crippen MR) is 68.6 cm³/mol. The summed E-state index contributed by atoms with van der Waals surface area (Å²) in [4.78, 5) is 11.0. The lowest BCUT2D eigenvalue weighted by atomic mass is 10.3. The molecule has 0 atom stereocenters. The first-order valence-corrected chi connectivity index (χ1v) is 6.01. The molecular weight excluding hydrogens is 240 g/mol. The van der Waals surface area contributed by atoms with Crippen LogP contribution in [0.3, 0.4) is 0 Å². The van der Waals surface area contributed by atoms with Crippen LogP contribution in [0.1, 0.15) is 13.3 Å². The van der Waals surface area contributed by atoms with E-state index < -0.39 is 0 Å². The van der Waals surface area contributed by atoms with E-state index in [1.165, 1.54) is 0 Å². The number of benzene rings is 1. The average Bonchev–Trinajstić information content (AvgIpc) is 2.31. The maximum atomic E-state index is 11.0. The van der Waals surface area contributed by atoms with Crippen molar-refractivity contribution in [1.82, 2.24) is 10.6 Å². The molecule has 2 amide bonds. The van der Waals surface area contributed by atoms with E-state index in [-0.39, 0.29) is 6.03 Å². The van der Waals surface area contributed by atoms with Gasteiger partial charge < -0.3 is 15.4 Å². The molecule has 0 radical (unpaired) electrons. The summed E-state index contributed by atoms with van der Waals surface area (Å²) < 4.78 is 5.47. The molecule has 0 aliphatic carbocycles. The molecule has 0 fully saturated rings. The van der Waals surface area contributed by atoms with Crippen molar-refractivity contribution in [1.29, 1.82) is 0 Å². The normalized spacial score (nSPS) is 9.76. The number of halogens is 1. The summed E-state index contributed by atoms with van der Waals surface area (Å²) in [5, 5.41) is 5.97. The van der Waals surface area contributed by atoms with Crippen molar-refractivity contribution >= 4 is 17.6 Å². The zero-order valence-electron chi connectivity index (χ0n) is 9.83. The van der Waals surface area contributed by atoms with Crippen LogP contribution in [0.15, 0.2) is 24.3 Å². The van der Waals surface area contributed by atoms with Crippen molar-refractivity contribution < 1.29 is 9.53 Å². The molecule has 17 heavy (non-hydrogen) atoms. The van der Waals surface area contributed by atoms with Gasteiger partial charge in [-0.05, 0) is 25.5 Å². The first-order valence-electron chi connectivity index (χ1n) is 5.63. The Bertz CT molecular complexity index is 358. The fourth-order valence-electron chi connectivity index (χ4n) is 1.24. The minimum Gasteiger partial charge on any atom is -0.492 e. The molecule has 1 aromatic rings. The van der Waals surface area contributed by atoms with E-state index in [1.54, 1.807) is 6.07 Å². The number of amides is 2. The zero-order valence-corrected chi connectivity index (χ0v) is 10.6. The lowest BCUT2D eigenvalue weighted by molar-refractivity contribution is 0.239. The molecule has 5 heteroatoms. The van der Waals surface area contributed by atoms with Gasteiger partial charge in [0.15, 0.2) is 0 Å². The van der Waals surface area contributed by atoms with Gasteiger partial charge in [0, 0.05) is 13.1 Å². The van der Waals surface area contributed by atoms with Gasteiger partial charge in [-0.25, -0.2) is 4.79 Å². The fraction of sp³-hybridized carbons (Fsp3) is 0.417. The smallest absolute Gasteiger partial charge is 0.314 e. The lowest BCUT2D eigenvalue weighted by Gasteiger charge is -2.08. The minimum atomic E-state index is -0.148. The van der Waals surface area contributed by atoms with Crippen molar-refractivity contribution in [2.45, 2.75) is 13.3 Å². The molecule has 0 aromatic heterocycles. The molecule has 94 valence electrons. The Kier molecular flexibility index (Phi) is 6.25. The SMILES string of the molecule is CCNC(=O)NCCCOc1ccccc1Cl. The van der Waals surface area contributed by atoms with E-state index >= 15 is 0 Å². The molecule has 0 heterocycles. The maximum Gasteiger partial charge on any atom is 0.314 e. The first-order chi connectivity index (χ1) is 8.24. The molecule has 2 N–H and O–H groups in total. The van der Waals surface area contributed by atoms with Crippen molar-refractivity contribution in [2.75, 3.05) is 19.7 Å². The van der Waals surface area contributed by atoms with Gasteiger partial charge in [-0.1, -0.05) is 23.7 Å². The summed E-state index contributed by atoms with van der Waals surface area (Å²) in [6.07, 6.45) is 0.738. The predicted octanol–water partition coefficient (Wildman–Crippen LogP) is 2.43.